The molecule has 10 heteroatoms. The van der Waals surface area contributed by atoms with Crippen LogP contribution >= 0.6 is 0 Å². The third-order valence-electron chi connectivity index (χ3n) is 4.23. The van der Waals surface area contributed by atoms with Crippen LogP contribution in [0.15, 0.2) is 23.1 Å². The van der Waals surface area contributed by atoms with Crippen LogP contribution < -0.4 is 5.32 Å². The molecule has 0 spiro atoms. The molecule has 1 N–H and O–H groups in total. The van der Waals surface area contributed by atoms with Gasteiger partial charge in [-0.15, -0.1) is 0 Å². The fourth-order valence-electron chi connectivity index (χ4n) is 2.79. The van der Waals surface area contributed by atoms with Crippen LogP contribution in [0.3, 0.4) is 0 Å². The van der Waals surface area contributed by atoms with Crippen molar-refractivity contribution in [2.45, 2.75) is 29.4 Å². The largest absolute Gasteiger partial charge is 0.355 e. The molecule has 1 aromatic carbocycles. The lowest BCUT2D eigenvalue weighted by Gasteiger charge is -2.22. The summed E-state index contributed by atoms with van der Waals surface area (Å²) in [6.07, 6.45) is -0.625. The van der Waals surface area contributed by atoms with Gasteiger partial charge in [-0.25, -0.2) is 21.2 Å². The van der Waals surface area contributed by atoms with Gasteiger partial charge in [0.1, 0.15) is 5.82 Å². The van der Waals surface area contributed by atoms with Crippen molar-refractivity contribution in [1.82, 2.24) is 5.32 Å². The monoisotopic (exact) mass is 395 g/mol. The number of benzene rings is 1. The van der Waals surface area contributed by atoms with Crippen LogP contribution in [0, 0.1) is 12.7 Å². The highest BCUT2D eigenvalue weighted by atomic mass is 32.2. The quantitative estimate of drug-likeness (QED) is 0.523. The van der Waals surface area contributed by atoms with Crippen LogP contribution in [0.1, 0.15) is 5.56 Å². The van der Waals surface area contributed by atoms with Gasteiger partial charge in [0.15, 0.2) is 26.0 Å². The standard InChI is InChI=1S/C15H22FNO6S2/c1-10-6-11(4-5-12(10)16)25(20,21)14-9-24(18,19)8-13(14)17-7-15(22-2)23-3/h4-6,13-15,17H,7-9H2,1-3H3/t13-,14-/m1/s1. The smallest absolute Gasteiger partial charge is 0.183 e. The van der Waals surface area contributed by atoms with E-state index in [4.69, 9.17) is 9.47 Å². The molecule has 2 atom stereocenters. The van der Waals surface area contributed by atoms with E-state index in [-0.39, 0.29) is 22.8 Å². The van der Waals surface area contributed by atoms with Crippen molar-refractivity contribution >= 4 is 19.7 Å². The predicted molar refractivity (Wildman–Crippen MR) is 90.4 cm³/mol. The fraction of sp³-hybridized carbons (Fsp3) is 0.600. The third-order valence-corrected chi connectivity index (χ3v) is 8.38. The van der Waals surface area contributed by atoms with Crippen molar-refractivity contribution in [3.8, 4) is 0 Å². The average Bonchev–Trinajstić information content (AvgIpc) is 2.86. The molecule has 0 radical (unpaired) electrons. The normalized spacial score (nSPS) is 23.2. The molecule has 1 aliphatic heterocycles. The summed E-state index contributed by atoms with van der Waals surface area (Å²) in [6.45, 7) is 1.60. The number of hydrogen-bond acceptors (Lipinski definition) is 7. The number of halogens is 1. The minimum atomic E-state index is -3.95. The molecule has 0 bridgehead atoms. The maximum absolute atomic E-state index is 13.4. The average molecular weight is 395 g/mol. The van der Waals surface area contributed by atoms with Crippen molar-refractivity contribution < 1.29 is 30.7 Å². The van der Waals surface area contributed by atoms with Crippen LogP contribution in [-0.4, -0.2) is 66.7 Å². The minimum absolute atomic E-state index is 0.0877. The first-order valence-corrected chi connectivity index (χ1v) is 11.0. The van der Waals surface area contributed by atoms with Gasteiger partial charge in [0, 0.05) is 26.8 Å². The van der Waals surface area contributed by atoms with Gasteiger partial charge in [0.2, 0.25) is 0 Å². The summed E-state index contributed by atoms with van der Waals surface area (Å²) in [5, 5.41) is 1.75. The summed E-state index contributed by atoms with van der Waals surface area (Å²) < 4.78 is 73.3. The van der Waals surface area contributed by atoms with Gasteiger partial charge in [-0.05, 0) is 30.7 Å². The number of ether oxygens (including phenoxy) is 2. The second-order valence-electron chi connectivity index (χ2n) is 5.99. The summed E-state index contributed by atoms with van der Waals surface area (Å²) in [6, 6.07) is 2.65. The molecule has 7 nitrogen and oxygen atoms in total. The Morgan fingerprint density at radius 3 is 2.48 bits per heavy atom. The Bertz CT molecular complexity index is 820. The Morgan fingerprint density at radius 1 is 1.28 bits per heavy atom. The van der Waals surface area contributed by atoms with Crippen molar-refractivity contribution in [3.05, 3.63) is 29.6 Å². The topological polar surface area (TPSA) is 98.8 Å². The summed E-state index contributed by atoms with van der Waals surface area (Å²) in [4.78, 5) is -0.0877. The molecule has 1 heterocycles. The maximum Gasteiger partial charge on any atom is 0.183 e. The molecule has 25 heavy (non-hydrogen) atoms. The van der Waals surface area contributed by atoms with E-state index in [1.807, 2.05) is 0 Å². The highest BCUT2D eigenvalue weighted by Gasteiger charge is 2.45. The number of rotatable bonds is 7. The zero-order valence-electron chi connectivity index (χ0n) is 14.2. The molecular weight excluding hydrogens is 373 g/mol. The van der Waals surface area contributed by atoms with E-state index in [2.05, 4.69) is 5.32 Å². The van der Waals surface area contributed by atoms with Crippen molar-refractivity contribution in [1.29, 1.82) is 0 Å². The lowest BCUT2D eigenvalue weighted by molar-refractivity contribution is -0.0995. The van der Waals surface area contributed by atoms with E-state index < -0.39 is 48.8 Å². The van der Waals surface area contributed by atoms with Crippen LogP contribution in [0.25, 0.3) is 0 Å². The molecule has 142 valence electrons. The fourth-order valence-corrected chi connectivity index (χ4v) is 7.59. The number of sulfone groups is 2. The second kappa shape index (κ2) is 7.67. The first-order chi connectivity index (χ1) is 11.6. The zero-order chi connectivity index (χ0) is 18.8. The molecule has 1 aromatic rings. The molecule has 0 unspecified atom stereocenters. The van der Waals surface area contributed by atoms with Gasteiger partial charge in [-0.3, -0.25) is 0 Å². The Hall–Kier alpha value is -1.07. The van der Waals surface area contributed by atoms with E-state index in [9.17, 15) is 21.2 Å². The Labute approximate surface area is 147 Å². The van der Waals surface area contributed by atoms with Gasteiger partial charge in [-0.2, -0.15) is 0 Å². The van der Waals surface area contributed by atoms with Crippen molar-refractivity contribution in [3.63, 3.8) is 0 Å². The van der Waals surface area contributed by atoms with E-state index in [0.29, 0.717) is 0 Å². The summed E-state index contributed by atoms with van der Waals surface area (Å²) in [5.41, 5.74) is 0.185. The van der Waals surface area contributed by atoms with Gasteiger partial charge < -0.3 is 14.8 Å². The Morgan fingerprint density at radius 2 is 1.92 bits per heavy atom. The number of methoxy groups -OCH3 is 2. The third kappa shape index (κ3) is 4.56. The number of aryl methyl sites for hydroxylation is 1. The predicted octanol–water partition coefficient (Wildman–Crippen LogP) is 0.282. The van der Waals surface area contributed by atoms with Gasteiger partial charge in [0.25, 0.3) is 0 Å². The Balaban J connectivity index is 2.30. The highest BCUT2D eigenvalue weighted by molar-refractivity contribution is 7.96. The summed E-state index contributed by atoms with van der Waals surface area (Å²) >= 11 is 0. The molecule has 0 saturated carbocycles. The Kier molecular flexibility index (Phi) is 6.21. The van der Waals surface area contributed by atoms with E-state index in [1.165, 1.54) is 27.2 Å². The van der Waals surface area contributed by atoms with Crippen LogP contribution in [0.2, 0.25) is 0 Å². The highest BCUT2D eigenvalue weighted by Crippen LogP contribution is 2.27. The molecule has 1 fully saturated rings. The minimum Gasteiger partial charge on any atom is -0.355 e. The first kappa shape index (κ1) is 20.2. The van der Waals surface area contributed by atoms with Crippen LogP contribution in [0.4, 0.5) is 4.39 Å². The van der Waals surface area contributed by atoms with Crippen molar-refractivity contribution in [2.24, 2.45) is 0 Å². The molecule has 0 amide bonds. The van der Waals surface area contributed by atoms with Gasteiger partial charge in [0.05, 0.1) is 21.7 Å². The van der Waals surface area contributed by atoms with E-state index >= 15 is 0 Å². The molecule has 0 aromatic heterocycles. The SMILES string of the molecule is COC(CN[C@@H]1CS(=O)(=O)C[C@H]1S(=O)(=O)c1ccc(F)c(C)c1)OC. The summed E-state index contributed by atoms with van der Waals surface area (Å²) in [5.74, 6) is -1.29. The lowest BCUT2D eigenvalue weighted by Crippen LogP contribution is -2.46. The number of hydrogen-bond donors (Lipinski definition) is 1. The first-order valence-electron chi connectivity index (χ1n) is 7.60. The molecule has 1 saturated heterocycles. The van der Waals surface area contributed by atoms with Crippen LogP contribution in [0.5, 0.6) is 0 Å². The summed E-state index contributed by atoms with van der Waals surface area (Å²) in [7, 11) is -4.61. The van der Waals surface area contributed by atoms with Gasteiger partial charge >= 0.3 is 0 Å². The molecule has 0 aliphatic carbocycles. The molecule has 2 rings (SSSR count). The van der Waals surface area contributed by atoms with Crippen LogP contribution in [-0.2, 0) is 29.1 Å². The number of nitrogens with one attached hydrogen (secondary N) is 1. The molecular formula is C15H22FNO6S2. The van der Waals surface area contributed by atoms with Crippen molar-refractivity contribution in [2.75, 3.05) is 32.3 Å². The zero-order valence-corrected chi connectivity index (χ0v) is 15.9. The molecule has 1 aliphatic rings. The van der Waals surface area contributed by atoms with Gasteiger partial charge in [-0.1, -0.05) is 0 Å². The lowest BCUT2D eigenvalue weighted by atomic mass is 10.2. The van der Waals surface area contributed by atoms with E-state index in [0.717, 1.165) is 12.1 Å². The maximum atomic E-state index is 13.4. The van der Waals surface area contributed by atoms with E-state index in [1.54, 1.807) is 0 Å². The second-order valence-corrected chi connectivity index (χ2v) is 10.3.